The fourth-order valence-corrected chi connectivity index (χ4v) is 2.87. The van der Waals surface area contributed by atoms with Gasteiger partial charge in [-0.1, -0.05) is 36.4 Å². The number of fused-ring (bicyclic) bond motifs is 1. The zero-order valence-electron chi connectivity index (χ0n) is 11.9. The number of amides is 1. The third-order valence-electron chi connectivity index (χ3n) is 4.12. The second-order valence-corrected chi connectivity index (χ2v) is 5.59. The molecular weight excluding hydrogens is 262 g/mol. The maximum atomic E-state index is 12.3. The van der Waals surface area contributed by atoms with Crippen LogP contribution in [0.25, 0.3) is 0 Å². The van der Waals surface area contributed by atoms with Crippen LogP contribution in [0, 0.1) is 5.92 Å². The van der Waals surface area contributed by atoms with E-state index in [1.165, 1.54) is 11.1 Å². The Labute approximate surface area is 124 Å². The highest BCUT2D eigenvalue weighted by Gasteiger charge is 2.23. The molecule has 0 radical (unpaired) electrons. The number of rotatable bonds is 3. The Bertz CT molecular complexity index is 634. The van der Waals surface area contributed by atoms with Crippen LogP contribution in [0.5, 0.6) is 5.75 Å². The predicted molar refractivity (Wildman–Crippen MR) is 81.9 cm³/mol. The Morgan fingerprint density at radius 1 is 1.10 bits per heavy atom. The van der Waals surface area contributed by atoms with E-state index in [9.17, 15) is 9.90 Å². The molecule has 2 aromatic carbocycles. The van der Waals surface area contributed by atoms with Crippen LogP contribution >= 0.6 is 0 Å². The zero-order chi connectivity index (χ0) is 14.7. The average molecular weight is 281 g/mol. The first-order valence-corrected chi connectivity index (χ1v) is 7.35. The molecule has 0 heterocycles. The van der Waals surface area contributed by atoms with Crippen molar-refractivity contribution in [3.63, 3.8) is 0 Å². The molecule has 3 heteroatoms. The molecule has 0 aromatic heterocycles. The van der Waals surface area contributed by atoms with Crippen LogP contribution in [-0.2, 0) is 24.2 Å². The molecule has 2 N–H and O–H groups in total. The molecule has 21 heavy (non-hydrogen) atoms. The van der Waals surface area contributed by atoms with Crippen molar-refractivity contribution < 1.29 is 9.90 Å². The second-order valence-electron chi connectivity index (χ2n) is 5.59. The number of hydrogen-bond acceptors (Lipinski definition) is 2. The number of phenols is 1. The van der Waals surface area contributed by atoms with Gasteiger partial charge in [0.1, 0.15) is 5.75 Å². The maximum absolute atomic E-state index is 12.3. The lowest BCUT2D eigenvalue weighted by molar-refractivity contribution is -0.125. The lowest BCUT2D eigenvalue weighted by Crippen LogP contribution is -2.33. The highest BCUT2D eigenvalue weighted by atomic mass is 16.3. The summed E-state index contributed by atoms with van der Waals surface area (Å²) in [4.78, 5) is 12.3. The number of hydrogen-bond donors (Lipinski definition) is 2. The van der Waals surface area contributed by atoms with Crippen molar-refractivity contribution in [1.29, 1.82) is 0 Å². The number of nitrogens with one attached hydrogen (secondary N) is 1. The molecule has 0 bridgehead atoms. The molecule has 0 saturated heterocycles. The van der Waals surface area contributed by atoms with E-state index in [2.05, 4.69) is 23.5 Å². The summed E-state index contributed by atoms with van der Waals surface area (Å²) in [6, 6.07) is 15.3. The number of carbonyl (C=O) groups excluding carboxylic acids is 1. The van der Waals surface area contributed by atoms with Gasteiger partial charge in [-0.3, -0.25) is 4.79 Å². The van der Waals surface area contributed by atoms with Crippen LogP contribution in [0.4, 0.5) is 0 Å². The molecular formula is C18H19NO2. The summed E-state index contributed by atoms with van der Waals surface area (Å²) in [5.74, 6) is 0.434. The summed E-state index contributed by atoms with van der Waals surface area (Å²) in [6.07, 6.45) is 2.73. The number of aryl methyl sites for hydroxylation is 1. The van der Waals surface area contributed by atoms with Crippen LogP contribution in [0.3, 0.4) is 0 Å². The van der Waals surface area contributed by atoms with Gasteiger partial charge in [-0.2, -0.15) is 0 Å². The second kappa shape index (κ2) is 6.00. The fourth-order valence-electron chi connectivity index (χ4n) is 2.87. The summed E-state index contributed by atoms with van der Waals surface area (Å²) in [7, 11) is 0. The molecule has 1 unspecified atom stereocenters. The van der Waals surface area contributed by atoms with E-state index in [4.69, 9.17) is 0 Å². The highest BCUT2D eigenvalue weighted by Crippen LogP contribution is 2.25. The summed E-state index contributed by atoms with van der Waals surface area (Å²) >= 11 is 0. The van der Waals surface area contributed by atoms with Gasteiger partial charge in [0.25, 0.3) is 0 Å². The highest BCUT2D eigenvalue weighted by molar-refractivity contribution is 5.79. The standard InChI is InChI=1S/C18H19NO2/c20-17-9-5-13(6-10-17)12-19-18(21)16-8-7-14-3-1-2-4-15(14)11-16/h1-6,9-10,16,20H,7-8,11-12H2,(H,19,21). The molecule has 1 amide bonds. The van der Waals surface area contributed by atoms with E-state index in [1.54, 1.807) is 12.1 Å². The van der Waals surface area contributed by atoms with Gasteiger partial charge in [0, 0.05) is 12.5 Å². The van der Waals surface area contributed by atoms with Gasteiger partial charge in [0.05, 0.1) is 0 Å². The Balaban J connectivity index is 1.58. The van der Waals surface area contributed by atoms with E-state index in [0.717, 1.165) is 24.8 Å². The fraction of sp³-hybridized carbons (Fsp3) is 0.278. The summed E-state index contributed by atoms with van der Waals surface area (Å²) in [5, 5.41) is 12.2. The third kappa shape index (κ3) is 3.24. The molecule has 3 nitrogen and oxygen atoms in total. The monoisotopic (exact) mass is 281 g/mol. The van der Waals surface area contributed by atoms with Gasteiger partial charge in [0.2, 0.25) is 5.91 Å². The van der Waals surface area contributed by atoms with Crippen LogP contribution in [0.1, 0.15) is 23.1 Å². The number of benzene rings is 2. The predicted octanol–water partition coefficient (Wildman–Crippen LogP) is 2.81. The largest absolute Gasteiger partial charge is 0.508 e. The average Bonchev–Trinajstić information content (AvgIpc) is 2.53. The molecule has 3 rings (SSSR count). The van der Waals surface area contributed by atoms with Crippen molar-refractivity contribution in [2.45, 2.75) is 25.8 Å². The van der Waals surface area contributed by atoms with Gasteiger partial charge in [-0.05, 0) is 48.1 Å². The van der Waals surface area contributed by atoms with Crippen LogP contribution in [-0.4, -0.2) is 11.0 Å². The number of aromatic hydroxyl groups is 1. The minimum absolute atomic E-state index is 0.0667. The quantitative estimate of drug-likeness (QED) is 0.909. The summed E-state index contributed by atoms with van der Waals surface area (Å²) in [6.45, 7) is 0.511. The molecule has 2 aromatic rings. The van der Waals surface area contributed by atoms with E-state index < -0.39 is 0 Å². The molecule has 0 aliphatic heterocycles. The molecule has 108 valence electrons. The Hall–Kier alpha value is -2.29. The van der Waals surface area contributed by atoms with Gasteiger partial charge in [-0.25, -0.2) is 0 Å². The zero-order valence-corrected chi connectivity index (χ0v) is 11.9. The molecule has 1 aliphatic rings. The third-order valence-corrected chi connectivity index (χ3v) is 4.12. The lowest BCUT2D eigenvalue weighted by Gasteiger charge is -2.23. The minimum Gasteiger partial charge on any atom is -0.508 e. The SMILES string of the molecule is O=C(NCc1ccc(O)cc1)C1CCc2ccccc2C1. The first kappa shape index (κ1) is 13.7. The van der Waals surface area contributed by atoms with Gasteiger partial charge < -0.3 is 10.4 Å². The van der Waals surface area contributed by atoms with E-state index in [-0.39, 0.29) is 17.6 Å². The summed E-state index contributed by atoms with van der Waals surface area (Å²) < 4.78 is 0. The van der Waals surface area contributed by atoms with Crippen LogP contribution in [0.15, 0.2) is 48.5 Å². The van der Waals surface area contributed by atoms with Crippen molar-refractivity contribution >= 4 is 5.91 Å². The topological polar surface area (TPSA) is 49.3 Å². The normalized spacial score (nSPS) is 17.0. The summed E-state index contributed by atoms with van der Waals surface area (Å²) in [5.41, 5.74) is 3.67. The van der Waals surface area contributed by atoms with Crippen LogP contribution in [0.2, 0.25) is 0 Å². The first-order chi connectivity index (χ1) is 10.2. The van der Waals surface area contributed by atoms with E-state index >= 15 is 0 Å². The van der Waals surface area contributed by atoms with Crippen molar-refractivity contribution in [2.24, 2.45) is 5.92 Å². The first-order valence-electron chi connectivity index (χ1n) is 7.35. The Kier molecular flexibility index (Phi) is 3.91. The lowest BCUT2D eigenvalue weighted by atomic mass is 9.83. The van der Waals surface area contributed by atoms with Crippen molar-refractivity contribution in [2.75, 3.05) is 0 Å². The van der Waals surface area contributed by atoms with Gasteiger partial charge in [-0.15, -0.1) is 0 Å². The van der Waals surface area contributed by atoms with Gasteiger partial charge in [0.15, 0.2) is 0 Å². The molecule has 0 fully saturated rings. The van der Waals surface area contributed by atoms with Crippen LogP contribution < -0.4 is 5.32 Å². The maximum Gasteiger partial charge on any atom is 0.223 e. The molecule has 1 atom stereocenters. The van der Waals surface area contributed by atoms with E-state index in [1.807, 2.05) is 18.2 Å². The molecule has 1 aliphatic carbocycles. The van der Waals surface area contributed by atoms with E-state index in [0.29, 0.717) is 6.54 Å². The number of carbonyl (C=O) groups is 1. The molecule has 0 spiro atoms. The minimum atomic E-state index is 0.0667. The molecule has 0 saturated carbocycles. The Morgan fingerprint density at radius 3 is 2.57 bits per heavy atom. The van der Waals surface area contributed by atoms with Crippen molar-refractivity contribution in [3.05, 3.63) is 65.2 Å². The number of phenolic OH excluding ortho intramolecular Hbond substituents is 1. The van der Waals surface area contributed by atoms with Crippen molar-refractivity contribution in [3.8, 4) is 5.75 Å². The Morgan fingerprint density at radius 2 is 1.81 bits per heavy atom. The van der Waals surface area contributed by atoms with Crippen molar-refractivity contribution in [1.82, 2.24) is 5.32 Å². The van der Waals surface area contributed by atoms with Gasteiger partial charge >= 0.3 is 0 Å². The smallest absolute Gasteiger partial charge is 0.223 e.